The minimum Gasteiger partial charge on any atom is -0.477 e. The Morgan fingerprint density at radius 2 is 1.96 bits per heavy atom. The molecule has 3 heterocycles. The largest absolute Gasteiger partial charge is 0.477 e. The summed E-state index contributed by atoms with van der Waals surface area (Å²) in [6, 6.07) is 3.04. The van der Waals surface area contributed by atoms with E-state index in [0.717, 1.165) is 48.2 Å². The maximum absolute atomic E-state index is 14.8. The van der Waals surface area contributed by atoms with Gasteiger partial charge in [-0.15, -0.1) is 0 Å². The maximum Gasteiger partial charge on any atom is 0.346 e. The summed E-state index contributed by atoms with van der Waals surface area (Å²) in [5.74, 6) is -2.23. The highest BCUT2D eigenvalue weighted by molar-refractivity contribution is 8.04. The van der Waals surface area contributed by atoms with Crippen LogP contribution in [-0.2, 0) is 4.79 Å². The Bertz CT molecular complexity index is 833. The lowest BCUT2D eigenvalue weighted by molar-refractivity contribution is -0.985. The Labute approximate surface area is 155 Å². The van der Waals surface area contributed by atoms with Gasteiger partial charge in [0, 0.05) is 0 Å². The van der Waals surface area contributed by atoms with E-state index in [1.54, 1.807) is 6.07 Å². The van der Waals surface area contributed by atoms with Crippen LogP contribution in [-0.4, -0.2) is 55.0 Å². The zero-order valence-electron chi connectivity index (χ0n) is 14.8. The number of hydrogen-bond acceptors (Lipinski definition) is 3. The Kier molecular flexibility index (Phi) is 4.38. The van der Waals surface area contributed by atoms with Crippen molar-refractivity contribution in [3.8, 4) is 0 Å². The second kappa shape index (κ2) is 6.45. The highest BCUT2D eigenvalue weighted by atomic mass is 32.2. The van der Waals surface area contributed by atoms with Gasteiger partial charge in [0.1, 0.15) is 26.2 Å². The minimum atomic E-state index is -1.23. The molecule has 26 heavy (non-hydrogen) atoms. The van der Waals surface area contributed by atoms with Crippen molar-refractivity contribution in [1.82, 2.24) is 0 Å². The summed E-state index contributed by atoms with van der Waals surface area (Å²) < 4.78 is 14.8. The van der Waals surface area contributed by atoms with Gasteiger partial charge in [-0.1, -0.05) is 0 Å². The molecule has 2 saturated heterocycles. The number of piperazine rings is 1. The number of rotatable bonds is 3. The van der Waals surface area contributed by atoms with Gasteiger partial charge in [-0.25, -0.2) is 9.18 Å². The van der Waals surface area contributed by atoms with Crippen molar-refractivity contribution in [3.63, 3.8) is 0 Å². The Morgan fingerprint density at radius 3 is 2.54 bits per heavy atom. The number of hydrogen-bond donors (Lipinski definition) is 4. The van der Waals surface area contributed by atoms with Gasteiger partial charge in [0.25, 0.3) is 0 Å². The van der Waals surface area contributed by atoms with Crippen LogP contribution < -0.4 is 14.7 Å². The molecule has 0 bridgehead atoms. The molecular weight excluding hydrogens is 357 g/mol. The topological polar surface area (TPSA) is 67.7 Å². The van der Waals surface area contributed by atoms with Gasteiger partial charge in [-0.05, 0) is 31.7 Å². The molecule has 4 N–H and O–H groups in total. The van der Waals surface area contributed by atoms with Crippen molar-refractivity contribution in [2.75, 3.05) is 32.7 Å². The number of ketones is 1. The Morgan fingerprint density at radius 1 is 1.27 bits per heavy atom. The number of carbonyl (C=O) groups is 2. The van der Waals surface area contributed by atoms with E-state index >= 15 is 0 Å². The lowest BCUT2D eigenvalue weighted by Gasteiger charge is -2.39. The van der Waals surface area contributed by atoms with Gasteiger partial charge in [0.15, 0.2) is 33.2 Å². The molecule has 6 nitrogen and oxygen atoms in total. The maximum atomic E-state index is 14.8. The molecule has 0 spiro atoms. The lowest BCUT2D eigenvalue weighted by atomic mass is 9.96. The van der Waals surface area contributed by atoms with Crippen molar-refractivity contribution in [2.45, 2.75) is 19.2 Å². The quantitative estimate of drug-likeness (QED) is 0.475. The molecule has 0 aliphatic carbocycles. The van der Waals surface area contributed by atoms with Crippen LogP contribution in [0.1, 0.15) is 24.2 Å². The van der Waals surface area contributed by atoms with Gasteiger partial charge >= 0.3 is 5.97 Å². The van der Waals surface area contributed by atoms with Crippen LogP contribution in [0.4, 0.5) is 15.8 Å². The molecule has 3 aliphatic heterocycles. The third kappa shape index (κ3) is 2.60. The number of quaternary nitrogens is 3. The van der Waals surface area contributed by atoms with Gasteiger partial charge in [-0.3, -0.25) is 14.6 Å². The molecule has 0 aromatic heterocycles. The third-order valence-electron chi connectivity index (χ3n) is 5.70. The van der Waals surface area contributed by atoms with E-state index in [1.807, 2.05) is 6.92 Å². The second-order valence-electron chi connectivity index (χ2n) is 7.10. The van der Waals surface area contributed by atoms with Crippen LogP contribution in [0.3, 0.4) is 0 Å². The summed E-state index contributed by atoms with van der Waals surface area (Å²) in [5.41, 5.74) is 1.29. The van der Waals surface area contributed by atoms with E-state index in [1.165, 1.54) is 22.7 Å². The van der Waals surface area contributed by atoms with Gasteiger partial charge in [0.2, 0.25) is 5.78 Å². The molecule has 138 valence electrons. The molecule has 8 heteroatoms. The molecule has 3 aliphatic rings. The van der Waals surface area contributed by atoms with E-state index < -0.39 is 17.6 Å². The monoisotopic (exact) mass is 380 g/mol. The first-order chi connectivity index (χ1) is 12.4. The smallest absolute Gasteiger partial charge is 0.346 e. The Balaban J connectivity index is 1.74. The van der Waals surface area contributed by atoms with E-state index in [4.69, 9.17) is 0 Å². The number of benzene rings is 1. The summed E-state index contributed by atoms with van der Waals surface area (Å²) >= 11 is 1.40. The fraction of sp³-hybridized carbons (Fsp3) is 0.444. The van der Waals surface area contributed by atoms with E-state index in [0.29, 0.717) is 10.7 Å². The van der Waals surface area contributed by atoms with Crippen LogP contribution in [0, 0.1) is 5.82 Å². The number of fused-ring (bicyclic) bond motifs is 3. The number of likely N-dealkylation sites (N-methyl/N-ethyl adjacent to an activating group) is 1. The summed E-state index contributed by atoms with van der Waals surface area (Å²) in [5, 5.41) is 10.1. The fourth-order valence-electron chi connectivity index (χ4n) is 4.18. The van der Waals surface area contributed by atoms with Crippen molar-refractivity contribution in [1.29, 1.82) is 0 Å². The number of thioether (sulfide) groups is 1. The fourth-order valence-corrected chi connectivity index (χ4v) is 5.42. The van der Waals surface area contributed by atoms with Crippen LogP contribution in [0.5, 0.6) is 0 Å². The number of carboxylic acid groups (broad SMARTS) is 1. The molecule has 0 saturated carbocycles. The summed E-state index contributed by atoms with van der Waals surface area (Å²) in [6.45, 7) is 8.93. The van der Waals surface area contributed by atoms with Crippen LogP contribution in [0.25, 0.3) is 0 Å². The first kappa shape index (κ1) is 17.7. The molecule has 2 atom stereocenters. The van der Waals surface area contributed by atoms with Crippen LogP contribution >= 0.6 is 11.8 Å². The van der Waals surface area contributed by atoms with Crippen LogP contribution in [0.15, 0.2) is 22.7 Å². The predicted molar refractivity (Wildman–Crippen MR) is 94.7 cm³/mol. The van der Waals surface area contributed by atoms with Gasteiger partial charge in [-0.2, -0.15) is 0 Å². The van der Waals surface area contributed by atoms with Crippen molar-refractivity contribution >= 4 is 34.9 Å². The first-order valence-electron chi connectivity index (χ1n) is 9.01. The summed E-state index contributed by atoms with van der Waals surface area (Å²) in [7, 11) is 0. The second-order valence-corrected chi connectivity index (χ2v) is 8.45. The van der Waals surface area contributed by atoms with Gasteiger partial charge < -0.3 is 10.0 Å². The standard InChI is InChI=1S/C18H20FN3O3S/c1-3-20-4-6-21(7-5-20)14-9-13-11(8-12(14)19)16(23)15(18(24)25)17-22(13)10(2)26-17/h8-10H,3-7H2,1-2H3,(H,24,25)/p+3. The average Bonchev–Trinajstić information content (AvgIpc) is 2.61. The third-order valence-corrected chi connectivity index (χ3v) is 6.95. The number of halogens is 1. The number of aliphatic carboxylic acids is 1. The average molecular weight is 380 g/mol. The van der Waals surface area contributed by atoms with Gasteiger partial charge in [0.05, 0.1) is 18.2 Å². The minimum absolute atomic E-state index is 0.112. The SMILES string of the molecule is CC[NH+]1CC[NH+](c2cc3c(cc2F)C(=O)C(C(=O)O)=C2SC(C)[NH+]23)CC1. The summed E-state index contributed by atoms with van der Waals surface area (Å²) in [4.78, 5) is 27.7. The predicted octanol–water partition coefficient (Wildman–Crippen LogP) is -1.64. The molecule has 4 rings (SSSR count). The lowest BCUT2D eigenvalue weighted by Crippen LogP contribution is -3.26. The molecule has 2 fully saturated rings. The molecule has 1 aromatic carbocycles. The van der Waals surface area contributed by atoms with Crippen molar-refractivity contribution in [3.05, 3.63) is 34.1 Å². The number of nitrogens with one attached hydrogen (secondary N) is 3. The molecular formula is C18H23FN3O3S+3. The van der Waals surface area contributed by atoms with E-state index in [-0.39, 0.29) is 16.5 Å². The molecule has 1 aromatic rings. The van der Waals surface area contributed by atoms with Crippen LogP contribution in [0.2, 0.25) is 0 Å². The summed E-state index contributed by atoms with van der Waals surface area (Å²) in [6.07, 6.45) is 0. The van der Waals surface area contributed by atoms with Crippen molar-refractivity contribution < 1.29 is 33.8 Å². The highest BCUT2D eigenvalue weighted by Gasteiger charge is 2.51. The first-order valence-corrected chi connectivity index (χ1v) is 9.89. The zero-order chi connectivity index (χ0) is 18.6. The Hall–Kier alpha value is -1.74. The zero-order valence-corrected chi connectivity index (χ0v) is 15.6. The van der Waals surface area contributed by atoms with E-state index in [9.17, 15) is 19.1 Å². The number of carbonyl (C=O) groups excluding carboxylic acids is 1. The highest BCUT2D eigenvalue weighted by Crippen LogP contribution is 2.37. The van der Waals surface area contributed by atoms with Crippen molar-refractivity contribution in [2.24, 2.45) is 0 Å². The molecule has 0 amide bonds. The van der Waals surface area contributed by atoms with E-state index in [2.05, 4.69) is 6.92 Å². The normalized spacial score (nSPS) is 30.5. The molecule has 0 radical (unpaired) electrons. The number of carboxylic acids is 1. The number of Topliss-reactive ketones (excluding diaryl/α,β-unsaturated/α-hetero) is 1. The molecule has 2 unspecified atom stereocenters.